The number of thiophene rings is 1. The Balaban J connectivity index is 1.81. The fourth-order valence-electron chi connectivity index (χ4n) is 2.86. The second kappa shape index (κ2) is 9.40. The number of hydrogen-bond acceptors (Lipinski definition) is 5. The van der Waals surface area contributed by atoms with Gasteiger partial charge in [0.2, 0.25) is 0 Å². The van der Waals surface area contributed by atoms with Gasteiger partial charge in [-0.05, 0) is 66.8 Å². The summed E-state index contributed by atoms with van der Waals surface area (Å²) in [6.07, 6.45) is 0.784. The van der Waals surface area contributed by atoms with Crippen molar-refractivity contribution in [1.82, 2.24) is 4.90 Å². The van der Waals surface area contributed by atoms with Gasteiger partial charge in [-0.3, -0.25) is 4.79 Å². The van der Waals surface area contributed by atoms with E-state index in [0.29, 0.717) is 11.4 Å². The zero-order valence-electron chi connectivity index (χ0n) is 16.6. The van der Waals surface area contributed by atoms with Crippen LogP contribution in [0.3, 0.4) is 0 Å². The molecule has 0 bridgehead atoms. The van der Waals surface area contributed by atoms with Gasteiger partial charge in [0.15, 0.2) is 0 Å². The maximum atomic E-state index is 13.1. The molecule has 1 atom stereocenters. The molecule has 0 aliphatic heterocycles. The van der Waals surface area contributed by atoms with Crippen molar-refractivity contribution >= 4 is 27.4 Å². The zero-order chi connectivity index (χ0) is 21.7. The number of benzene rings is 2. The molecule has 1 heterocycles. The highest BCUT2D eigenvalue weighted by molar-refractivity contribution is 7.87. The molecule has 0 saturated carbocycles. The summed E-state index contributed by atoms with van der Waals surface area (Å²) >= 11 is 1.39. The first-order chi connectivity index (χ1) is 14.3. The van der Waals surface area contributed by atoms with E-state index in [2.05, 4.69) is 0 Å². The molecular formula is C22H22FNO4S2. The van der Waals surface area contributed by atoms with Gasteiger partial charge in [0, 0.05) is 12.6 Å². The molecule has 0 aliphatic carbocycles. The highest BCUT2D eigenvalue weighted by atomic mass is 32.2. The third-order valence-corrected chi connectivity index (χ3v) is 6.79. The topological polar surface area (TPSA) is 63.7 Å². The first-order valence-electron chi connectivity index (χ1n) is 9.43. The van der Waals surface area contributed by atoms with E-state index in [9.17, 15) is 17.6 Å². The van der Waals surface area contributed by atoms with Crippen LogP contribution in [0.25, 0.3) is 0 Å². The number of halogens is 1. The SMILES string of the molecule is CCC(C)N(Cc1cccc(OS(=O)(=O)c2ccc(F)cc2)c1)C(=O)c1cccs1. The van der Waals surface area contributed by atoms with Crippen molar-refractivity contribution in [2.24, 2.45) is 0 Å². The Morgan fingerprint density at radius 3 is 2.50 bits per heavy atom. The van der Waals surface area contributed by atoms with Crippen molar-refractivity contribution in [2.45, 2.75) is 37.8 Å². The van der Waals surface area contributed by atoms with E-state index in [0.717, 1.165) is 36.2 Å². The summed E-state index contributed by atoms with van der Waals surface area (Å²) in [7, 11) is -4.09. The number of rotatable bonds is 8. The van der Waals surface area contributed by atoms with E-state index < -0.39 is 15.9 Å². The lowest BCUT2D eigenvalue weighted by Gasteiger charge is -2.28. The average molecular weight is 448 g/mol. The van der Waals surface area contributed by atoms with Crippen molar-refractivity contribution in [3.05, 3.63) is 82.3 Å². The first kappa shape index (κ1) is 22.0. The summed E-state index contributed by atoms with van der Waals surface area (Å²) < 4.78 is 43.2. The van der Waals surface area contributed by atoms with Gasteiger partial charge in [0.1, 0.15) is 16.5 Å². The lowest BCUT2D eigenvalue weighted by molar-refractivity contribution is 0.0676. The number of carbonyl (C=O) groups excluding carboxylic acids is 1. The molecule has 3 rings (SSSR count). The molecule has 8 heteroatoms. The van der Waals surface area contributed by atoms with Gasteiger partial charge in [-0.1, -0.05) is 25.1 Å². The lowest BCUT2D eigenvalue weighted by Crippen LogP contribution is -2.37. The first-order valence-corrected chi connectivity index (χ1v) is 11.7. The minimum Gasteiger partial charge on any atom is -0.379 e. The highest BCUT2D eigenvalue weighted by Gasteiger charge is 2.22. The normalized spacial score (nSPS) is 12.4. The van der Waals surface area contributed by atoms with Crippen LogP contribution in [0, 0.1) is 5.82 Å². The number of carbonyl (C=O) groups is 1. The van der Waals surface area contributed by atoms with Gasteiger partial charge in [0.25, 0.3) is 5.91 Å². The molecule has 3 aromatic rings. The average Bonchev–Trinajstić information content (AvgIpc) is 3.26. The number of hydrogen-bond donors (Lipinski definition) is 0. The van der Waals surface area contributed by atoms with Crippen molar-refractivity contribution in [3.8, 4) is 5.75 Å². The maximum absolute atomic E-state index is 13.1. The molecule has 0 N–H and O–H groups in total. The van der Waals surface area contributed by atoms with Crippen molar-refractivity contribution in [1.29, 1.82) is 0 Å². The molecule has 0 aliphatic rings. The second-order valence-electron chi connectivity index (χ2n) is 6.81. The maximum Gasteiger partial charge on any atom is 0.339 e. The second-order valence-corrected chi connectivity index (χ2v) is 9.30. The van der Waals surface area contributed by atoms with Crippen molar-refractivity contribution in [3.63, 3.8) is 0 Å². The fourth-order valence-corrected chi connectivity index (χ4v) is 4.46. The minimum absolute atomic E-state index is 0.00659. The lowest BCUT2D eigenvalue weighted by atomic mass is 10.1. The Bertz CT molecular complexity index is 1100. The van der Waals surface area contributed by atoms with E-state index in [1.165, 1.54) is 17.4 Å². The predicted molar refractivity (Wildman–Crippen MR) is 115 cm³/mol. The summed E-state index contributed by atoms with van der Waals surface area (Å²) in [5, 5.41) is 1.86. The van der Waals surface area contributed by atoms with E-state index in [1.807, 2.05) is 31.4 Å². The van der Waals surface area contributed by atoms with E-state index >= 15 is 0 Å². The Labute approximate surface area is 179 Å². The summed E-state index contributed by atoms with van der Waals surface area (Å²) in [6.45, 7) is 4.30. The summed E-state index contributed by atoms with van der Waals surface area (Å²) in [4.78, 5) is 15.2. The minimum atomic E-state index is -4.09. The summed E-state index contributed by atoms with van der Waals surface area (Å²) in [6, 6.07) is 14.7. The third-order valence-electron chi connectivity index (χ3n) is 4.68. The van der Waals surface area contributed by atoms with Crippen LogP contribution in [0.2, 0.25) is 0 Å². The number of amides is 1. The Morgan fingerprint density at radius 1 is 1.13 bits per heavy atom. The molecule has 1 unspecified atom stereocenters. The summed E-state index contributed by atoms with van der Waals surface area (Å²) in [5.74, 6) is -0.467. The van der Waals surface area contributed by atoms with Gasteiger partial charge in [-0.15, -0.1) is 11.3 Å². The monoisotopic (exact) mass is 447 g/mol. The molecule has 30 heavy (non-hydrogen) atoms. The van der Waals surface area contributed by atoms with E-state index in [-0.39, 0.29) is 22.6 Å². The molecule has 0 fully saturated rings. The van der Waals surface area contributed by atoms with Crippen LogP contribution < -0.4 is 4.18 Å². The van der Waals surface area contributed by atoms with Gasteiger partial charge in [0.05, 0.1) is 4.88 Å². The van der Waals surface area contributed by atoms with Gasteiger partial charge in [-0.2, -0.15) is 8.42 Å². The van der Waals surface area contributed by atoms with Crippen LogP contribution in [0.1, 0.15) is 35.5 Å². The Hall–Kier alpha value is -2.71. The summed E-state index contributed by atoms with van der Waals surface area (Å²) in [5.41, 5.74) is 0.743. The molecule has 1 amide bonds. The largest absolute Gasteiger partial charge is 0.379 e. The van der Waals surface area contributed by atoms with Gasteiger partial charge in [-0.25, -0.2) is 4.39 Å². The van der Waals surface area contributed by atoms with Gasteiger partial charge >= 0.3 is 10.1 Å². The molecule has 1 aromatic heterocycles. The van der Waals surface area contributed by atoms with Crippen molar-refractivity contribution in [2.75, 3.05) is 0 Å². The van der Waals surface area contributed by atoms with E-state index in [1.54, 1.807) is 23.1 Å². The van der Waals surface area contributed by atoms with Gasteiger partial charge < -0.3 is 9.08 Å². The van der Waals surface area contributed by atoms with E-state index in [4.69, 9.17) is 4.18 Å². The smallest absolute Gasteiger partial charge is 0.339 e. The van der Waals surface area contributed by atoms with Crippen LogP contribution in [-0.4, -0.2) is 25.3 Å². The Morgan fingerprint density at radius 2 is 1.87 bits per heavy atom. The number of nitrogens with zero attached hydrogens (tertiary/aromatic N) is 1. The molecule has 0 saturated heterocycles. The van der Waals surface area contributed by atoms with Crippen LogP contribution in [0.4, 0.5) is 4.39 Å². The fraction of sp³-hybridized carbons (Fsp3) is 0.227. The van der Waals surface area contributed by atoms with Crippen LogP contribution in [0.15, 0.2) is 70.9 Å². The molecule has 0 radical (unpaired) electrons. The third kappa shape index (κ3) is 5.25. The predicted octanol–water partition coefficient (Wildman–Crippen LogP) is 5.10. The Kier molecular flexibility index (Phi) is 6.89. The molecule has 0 spiro atoms. The van der Waals surface area contributed by atoms with Crippen LogP contribution in [0.5, 0.6) is 5.75 Å². The molecular weight excluding hydrogens is 425 g/mol. The highest BCUT2D eigenvalue weighted by Crippen LogP contribution is 2.23. The van der Waals surface area contributed by atoms with Crippen LogP contribution >= 0.6 is 11.3 Å². The molecule has 5 nitrogen and oxygen atoms in total. The van der Waals surface area contributed by atoms with Crippen molar-refractivity contribution < 1.29 is 21.8 Å². The zero-order valence-corrected chi connectivity index (χ0v) is 18.3. The van der Waals surface area contributed by atoms with Crippen LogP contribution in [-0.2, 0) is 16.7 Å². The molecule has 2 aromatic carbocycles. The standard InChI is InChI=1S/C22H22FNO4S2/c1-3-16(2)24(22(25)21-8-5-13-29-21)15-17-6-4-7-19(14-17)28-30(26,27)20-11-9-18(23)10-12-20/h4-14,16H,3,15H2,1-2H3. The molecule has 158 valence electrons. The quantitative estimate of drug-likeness (QED) is 0.451.